The minimum atomic E-state index is -0.255. The van der Waals surface area contributed by atoms with Crippen LogP contribution < -0.4 is 5.32 Å². The van der Waals surface area contributed by atoms with Gasteiger partial charge in [-0.2, -0.15) is 0 Å². The van der Waals surface area contributed by atoms with Crippen molar-refractivity contribution in [3.8, 4) is 10.6 Å². The fraction of sp³-hybridized carbons (Fsp3) is 0.286. The molecule has 106 valence electrons. The first-order valence-electron chi connectivity index (χ1n) is 6.17. The summed E-state index contributed by atoms with van der Waals surface area (Å²) in [6.07, 6.45) is 0. The van der Waals surface area contributed by atoms with Crippen molar-refractivity contribution in [2.75, 3.05) is 20.6 Å². The Labute approximate surface area is 121 Å². The van der Waals surface area contributed by atoms with Crippen LogP contribution in [-0.4, -0.2) is 36.4 Å². The number of nitrogens with one attached hydrogen (secondary N) is 1. The Morgan fingerprint density at radius 2 is 2.05 bits per heavy atom. The van der Waals surface area contributed by atoms with Crippen molar-refractivity contribution in [1.29, 1.82) is 0 Å². The Kier molecular flexibility index (Phi) is 4.81. The van der Waals surface area contributed by atoms with Gasteiger partial charge in [0, 0.05) is 31.6 Å². The Morgan fingerprint density at radius 3 is 2.70 bits per heavy atom. The highest BCUT2D eigenvalue weighted by atomic mass is 32.1. The molecule has 0 spiro atoms. The van der Waals surface area contributed by atoms with E-state index in [9.17, 15) is 9.18 Å². The van der Waals surface area contributed by atoms with Crippen LogP contribution in [0.5, 0.6) is 0 Å². The molecule has 0 aliphatic carbocycles. The highest BCUT2D eigenvalue weighted by Gasteiger charge is 2.06. The minimum Gasteiger partial charge on any atom is -0.348 e. The van der Waals surface area contributed by atoms with Gasteiger partial charge >= 0.3 is 0 Å². The van der Waals surface area contributed by atoms with Gasteiger partial charge < -0.3 is 10.2 Å². The number of carbonyl (C=O) groups excluding carboxylic acids is 1. The molecule has 4 nitrogen and oxygen atoms in total. The van der Waals surface area contributed by atoms with Gasteiger partial charge in [0.05, 0.1) is 12.2 Å². The molecule has 1 N–H and O–H groups in total. The quantitative estimate of drug-likeness (QED) is 0.918. The number of aromatic nitrogens is 1. The molecule has 0 unspecified atom stereocenters. The van der Waals surface area contributed by atoms with E-state index in [1.807, 2.05) is 5.38 Å². The van der Waals surface area contributed by atoms with Crippen LogP contribution in [-0.2, 0) is 11.3 Å². The molecule has 0 aliphatic rings. The van der Waals surface area contributed by atoms with Crippen LogP contribution >= 0.6 is 11.3 Å². The second kappa shape index (κ2) is 6.58. The molecule has 20 heavy (non-hydrogen) atoms. The summed E-state index contributed by atoms with van der Waals surface area (Å²) in [5.41, 5.74) is 1.77. The number of benzene rings is 1. The van der Waals surface area contributed by atoms with E-state index in [0.717, 1.165) is 16.3 Å². The van der Waals surface area contributed by atoms with Crippen LogP contribution in [0.4, 0.5) is 4.39 Å². The maximum Gasteiger partial charge on any atom is 0.236 e. The zero-order chi connectivity index (χ0) is 14.5. The topological polar surface area (TPSA) is 45.2 Å². The van der Waals surface area contributed by atoms with Crippen molar-refractivity contribution in [1.82, 2.24) is 15.2 Å². The Balaban J connectivity index is 1.92. The fourth-order valence-electron chi connectivity index (χ4n) is 1.57. The van der Waals surface area contributed by atoms with E-state index in [1.54, 1.807) is 26.2 Å². The lowest BCUT2D eigenvalue weighted by Gasteiger charge is -2.09. The van der Waals surface area contributed by atoms with E-state index >= 15 is 0 Å². The molecular weight excluding hydrogens is 277 g/mol. The van der Waals surface area contributed by atoms with E-state index in [1.165, 1.54) is 28.4 Å². The number of carbonyl (C=O) groups is 1. The second-order valence-electron chi connectivity index (χ2n) is 4.54. The first-order chi connectivity index (χ1) is 9.56. The van der Waals surface area contributed by atoms with Gasteiger partial charge in [0.15, 0.2) is 0 Å². The summed E-state index contributed by atoms with van der Waals surface area (Å²) in [4.78, 5) is 17.4. The molecule has 2 aromatic rings. The summed E-state index contributed by atoms with van der Waals surface area (Å²) < 4.78 is 12.9. The Hall–Kier alpha value is -1.79. The second-order valence-corrected chi connectivity index (χ2v) is 5.40. The molecule has 0 atom stereocenters. The Bertz CT molecular complexity index is 580. The molecule has 0 saturated carbocycles. The molecule has 0 aliphatic heterocycles. The summed E-state index contributed by atoms with van der Waals surface area (Å²) in [6.45, 7) is 0.827. The molecule has 0 radical (unpaired) electrons. The average molecular weight is 293 g/mol. The molecule has 0 fully saturated rings. The van der Waals surface area contributed by atoms with E-state index in [-0.39, 0.29) is 18.3 Å². The lowest BCUT2D eigenvalue weighted by atomic mass is 10.2. The van der Waals surface area contributed by atoms with Crippen LogP contribution in [0.1, 0.15) is 5.69 Å². The summed E-state index contributed by atoms with van der Waals surface area (Å²) in [5.74, 6) is -0.228. The predicted molar refractivity (Wildman–Crippen MR) is 77.9 cm³/mol. The third-order valence-corrected chi connectivity index (χ3v) is 3.66. The third kappa shape index (κ3) is 3.85. The number of thiazole rings is 1. The maximum absolute atomic E-state index is 12.9. The van der Waals surface area contributed by atoms with Crippen LogP contribution in [0.15, 0.2) is 29.6 Å². The molecule has 1 aromatic carbocycles. The van der Waals surface area contributed by atoms with Crippen LogP contribution in [0, 0.1) is 5.82 Å². The van der Waals surface area contributed by atoms with E-state index in [0.29, 0.717) is 6.54 Å². The van der Waals surface area contributed by atoms with Crippen LogP contribution in [0.25, 0.3) is 10.6 Å². The van der Waals surface area contributed by atoms with E-state index < -0.39 is 0 Å². The zero-order valence-electron chi connectivity index (χ0n) is 11.4. The van der Waals surface area contributed by atoms with Crippen molar-refractivity contribution >= 4 is 17.2 Å². The van der Waals surface area contributed by atoms with Gasteiger partial charge in [-0.15, -0.1) is 11.3 Å². The summed E-state index contributed by atoms with van der Waals surface area (Å²) in [7, 11) is 3.44. The molecular formula is C14H16FN3OS. The molecule has 1 amide bonds. The monoisotopic (exact) mass is 293 g/mol. The van der Waals surface area contributed by atoms with Crippen LogP contribution in [0.2, 0.25) is 0 Å². The number of hydrogen-bond acceptors (Lipinski definition) is 4. The molecule has 0 bridgehead atoms. The molecule has 6 heteroatoms. The molecule has 2 rings (SSSR count). The summed E-state index contributed by atoms with van der Waals surface area (Å²) >= 11 is 1.50. The number of hydrogen-bond donors (Lipinski definition) is 1. The van der Waals surface area contributed by atoms with Crippen LogP contribution in [0.3, 0.4) is 0 Å². The number of likely N-dealkylation sites (N-methyl/N-ethyl adjacent to an activating group) is 1. The molecule has 0 saturated heterocycles. The average Bonchev–Trinajstić information content (AvgIpc) is 2.88. The number of halogens is 1. The highest BCUT2D eigenvalue weighted by Crippen LogP contribution is 2.23. The van der Waals surface area contributed by atoms with Gasteiger partial charge in [-0.3, -0.25) is 4.79 Å². The van der Waals surface area contributed by atoms with Gasteiger partial charge in [-0.25, -0.2) is 9.37 Å². The van der Waals surface area contributed by atoms with Crippen molar-refractivity contribution in [3.05, 3.63) is 41.2 Å². The van der Waals surface area contributed by atoms with Gasteiger partial charge in [0.2, 0.25) is 5.91 Å². The SMILES string of the molecule is CN(C)C(=O)CNCc1csc(-c2ccc(F)cc2)n1. The fourth-order valence-corrected chi connectivity index (χ4v) is 2.39. The number of rotatable bonds is 5. The van der Waals surface area contributed by atoms with Crippen molar-refractivity contribution in [2.24, 2.45) is 0 Å². The third-order valence-electron chi connectivity index (χ3n) is 2.72. The van der Waals surface area contributed by atoms with E-state index in [2.05, 4.69) is 10.3 Å². The van der Waals surface area contributed by atoms with E-state index in [4.69, 9.17) is 0 Å². The number of nitrogens with zero attached hydrogens (tertiary/aromatic N) is 2. The standard InChI is InChI=1S/C14H16FN3OS/c1-18(2)13(19)8-16-7-12-9-20-14(17-12)10-3-5-11(15)6-4-10/h3-6,9,16H,7-8H2,1-2H3. The lowest BCUT2D eigenvalue weighted by molar-refractivity contribution is -0.127. The van der Waals surface area contributed by atoms with Crippen molar-refractivity contribution in [3.63, 3.8) is 0 Å². The maximum atomic E-state index is 12.9. The smallest absolute Gasteiger partial charge is 0.236 e. The number of amides is 1. The largest absolute Gasteiger partial charge is 0.348 e. The molecule has 1 heterocycles. The van der Waals surface area contributed by atoms with Gasteiger partial charge in [-0.05, 0) is 24.3 Å². The summed E-state index contributed by atoms with van der Waals surface area (Å²) in [5, 5.41) is 5.83. The van der Waals surface area contributed by atoms with Crippen molar-refractivity contribution in [2.45, 2.75) is 6.54 Å². The minimum absolute atomic E-state index is 0.0268. The predicted octanol–water partition coefficient (Wildman–Crippen LogP) is 2.13. The first kappa shape index (κ1) is 14.6. The lowest BCUT2D eigenvalue weighted by Crippen LogP contribution is -2.32. The highest BCUT2D eigenvalue weighted by molar-refractivity contribution is 7.13. The zero-order valence-corrected chi connectivity index (χ0v) is 12.2. The molecule has 1 aromatic heterocycles. The van der Waals surface area contributed by atoms with Gasteiger partial charge in [0.1, 0.15) is 10.8 Å². The summed E-state index contributed by atoms with van der Waals surface area (Å²) in [6, 6.07) is 6.26. The normalized spacial score (nSPS) is 10.6. The Morgan fingerprint density at radius 1 is 1.35 bits per heavy atom. The first-order valence-corrected chi connectivity index (χ1v) is 7.05. The van der Waals surface area contributed by atoms with Crippen molar-refractivity contribution < 1.29 is 9.18 Å². The van der Waals surface area contributed by atoms with Gasteiger partial charge in [0.25, 0.3) is 0 Å². The van der Waals surface area contributed by atoms with Gasteiger partial charge in [-0.1, -0.05) is 0 Å².